The van der Waals surface area contributed by atoms with Gasteiger partial charge in [-0.15, -0.1) is 0 Å². The minimum atomic E-state index is -0.409. The van der Waals surface area contributed by atoms with E-state index in [0.29, 0.717) is 10.7 Å². The van der Waals surface area contributed by atoms with Crippen molar-refractivity contribution >= 4 is 23.4 Å². The van der Waals surface area contributed by atoms with Crippen molar-refractivity contribution in [1.82, 2.24) is 0 Å². The van der Waals surface area contributed by atoms with Crippen LogP contribution >= 0.6 is 11.6 Å². The molecule has 92 valence electrons. The van der Waals surface area contributed by atoms with Crippen LogP contribution < -0.4 is 5.32 Å². The van der Waals surface area contributed by atoms with Crippen LogP contribution in [0, 0.1) is 6.92 Å². The standard InChI is InChI=1S/C13H16ClNO2/c1-9-5-4-8-11(14)12(9)15-13(16)17-10-6-2-3-7-10/h4-5,8,10H,2-3,6-7H2,1H3,(H,15,16). The Morgan fingerprint density at radius 2 is 2.12 bits per heavy atom. The molecular weight excluding hydrogens is 238 g/mol. The Hall–Kier alpha value is -1.22. The van der Waals surface area contributed by atoms with Crippen molar-refractivity contribution < 1.29 is 9.53 Å². The fourth-order valence-corrected chi connectivity index (χ4v) is 2.35. The molecule has 1 N–H and O–H groups in total. The van der Waals surface area contributed by atoms with E-state index in [2.05, 4.69) is 5.32 Å². The molecule has 0 heterocycles. The van der Waals surface area contributed by atoms with Crippen LogP contribution in [-0.4, -0.2) is 12.2 Å². The zero-order chi connectivity index (χ0) is 12.3. The summed E-state index contributed by atoms with van der Waals surface area (Å²) >= 11 is 6.02. The molecular formula is C13H16ClNO2. The Labute approximate surface area is 106 Å². The summed E-state index contributed by atoms with van der Waals surface area (Å²) < 4.78 is 5.32. The molecule has 0 spiro atoms. The summed E-state index contributed by atoms with van der Waals surface area (Å²) in [6.07, 6.45) is 3.88. The molecule has 0 atom stereocenters. The summed E-state index contributed by atoms with van der Waals surface area (Å²) in [5.74, 6) is 0. The second kappa shape index (κ2) is 5.41. The van der Waals surface area contributed by atoms with Crippen molar-refractivity contribution in [2.24, 2.45) is 0 Å². The van der Waals surface area contributed by atoms with Crippen LogP contribution in [0.25, 0.3) is 0 Å². The second-order valence-electron chi connectivity index (χ2n) is 4.37. The molecule has 0 saturated heterocycles. The summed E-state index contributed by atoms with van der Waals surface area (Å²) in [7, 11) is 0. The van der Waals surface area contributed by atoms with Crippen LogP contribution in [0.15, 0.2) is 18.2 Å². The highest BCUT2D eigenvalue weighted by atomic mass is 35.5. The Kier molecular flexibility index (Phi) is 3.89. The smallest absolute Gasteiger partial charge is 0.411 e. The van der Waals surface area contributed by atoms with Crippen molar-refractivity contribution in [3.05, 3.63) is 28.8 Å². The number of rotatable bonds is 2. The van der Waals surface area contributed by atoms with Gasteiger partial charge in [-0.2, -0.15) is 0 Å². The summed E-state index contributed by atoms with van der Waals surface area (Å²) in [5, 5.41) is 3.25. The van der Waals surface area contributed by atoms with E-state index < -0.39 is 6.09 Å². The highest BCUT2D eigenvalue weighted by Crippen LogP contribution is 2.26. The maximum atomic E-state index is 11.7. The molecule has 1 aromatic rings. The lowest BCUT2D eigenvalue weighted by Crippen LogP contribution is -2.20. The third-order valence-electron chi connectivity index (χ3n) is 3.02. The molecule has 1 amide bonds. The Morgan fingerprint density at radius 1 is 1.41 bits per heavy atom. The van der Waals surface area contributed by atoms with Gasteiger partial charge in [0.2, 0.25) is 0 Å². The number of para-hydroxylation sites is 1. The number of halogens is 1. The summed E-state index contributed by atoms with van der Waals surface area (Å²) in [6, 6.07) is 5.50. The average Bonchev–Trinajstić information content (AvgIpc) is 2.76. The lowest BCUT2D eigenvalue weighted by Gasteiger charge is -2.14. The molecule has 0 radical (unpaired) electrons. The van der Waals surface area contributed by atoms with Crippen molar-refractivity contribution in [3.8, 4) is 0 Å². The van der Waals surface area contributed by atoms with E-state index in [9.17, 15) is 4.79 Å². The molecule has 1 aliphatic rings. The molecule has 2 rings (SSSR count). The van der Waals surface area contributed by atoms with E-state index in [-0.39, 0.29) is 6.10 Å². The number of hydrogen-bond acceptors (Lipinski definition) is 2. The minimum Gasteiger partial charge on any atom is -0.446 e. The number of anilines is 1. The maximum absolute atomic E-state index is 11.7. The minimum absolute atomic E-state index is 0.0674. The van der Waals surface area contributed by atoms with Crippen LogP contribution in [0.3, 0.4) is 0 Å². The number of carbonyl (C=O) groups is 1. The molecule has 1 saturated carbocycles. The van der Waals surface area contributed by atoms with Crippen LogP contribution in [0.1, 0.15) is 31.2 Å². The van der Waals surface area contributed by atoms with Gasteiger partial charge in [-0.05, 0) is 44.2 Å². The van der Waals surface area contributed by atoms with E-state index in [1.54, 1.807) is 6.07 Å². The molecule has 0 aliphatic heterocycles. The molecule has 1 fully saturated rings. The molecule has 1 aliphatic carbocycles. The number of nitrogens with one attached hydrogen (secondary N) is 1. The Balaban J connectivity index is 1.97. The van der Waals surface area contributed by atoms with Gasteiger partial charge in [-0.3, -0.25) is 5.32 Å². The number of aryl methyl sites for hydroxylation is 1. The molecule has 0 bridgehead atoms. The monoisotopic (exact) mass is 253 g/mol. The van der Waals surface area contributed by atoms with Crippen LogP contribution in [-0.2, 0) is 4.74 Å². The first-order valence-electron chi connectivity index (χ1n) is 5.89. The quantitative estimate of drug-likeness (QED) is 0.860. The van der Waals surface area contributed by atoms with E-state index in [1.807, 2.05) is 19.1 Å². The number of amides is 1. The molecule has 0 aromatic heterocycles. The highest BCUT2D eigenvalue weighted by molar-refractivity contribution is 6.33. The first-order valence-corrected chi connectivity index (χ1v) is 6.27. The lowest BCUT2D eigenvalue weighted by molar-refractivity contribution is 0.114. The topological polar surface area (TPSA) is 38.3 Å². The van der Waals surface area contributed by atoms with Gasteiger partial charge in [0.15, 0.2) is 0 Å². The van der Waals surface area contributed by atoms with Gasteiger partial charge in [0.25, 0.3) is 0 Å². The fourth-order valence-electron chi connectivity index (χ4n) is 2.08. The van der Waals surface area contributed by atoms with E-state index in [4.69, 9.17) is 16.3 Å². The van der Waals surface area contributed by atoms with Crippen LogP contribution in [0.4, 0.5) is 10.5 Å². The lowest BCUT2D eigenvalue weighted by atomic mass is 10.2. The zero-order valence-electron chi connectivity index (χ0n) is 9.83. The van der Waals surface area contributed by atoms with Crippen molar-refractivity contribution in [1.29, 1.82) is 0 Å². The molecule has 3 nitrogen and oxygen atoms in total. The van der Waals surface area contributed by atoms with Crippen molar-refractivity contribution in [2.75, 3.05) is 5.32 Å². The van der Waals surface area contributed by atoms with Gasteiger partial charge < -0.3 is 4.74 Å². The van der Waals surface area contributed by atoms with Gasteiger partial charge in [-0.25, -0.2) is 4.79 Å². The third kappa shape index (κ3) is 3.13. The number of hydrogen-bond donors (Lipinski definition) is 1. The third-order valence-corrected chi connectivity index (χ3v) is 3.34. The van der Waals surface area contributed by atoms with E-state index in [0.717, 1.165) is 31.2 Å². The van der Waals surface area contributed by atoms with Gasteiger partial charge >= 0.3 is 6.09 Å². The second-order valence-corrected chi connectivity index (χ2v) is 4.78. The molecule has 0 unspecified atom stereocenters. The highest BCUT2D eigenvalue weighted by Gasteiger charge is 2.19. The predicted octanol–water partition coefficient (Wildman–Crippen LogP) is 4.14. The Morgan fingerprint density at radius 3 is 2.76 bits per heavy atom. The SMILES string of the molecule is Cc1cccc(Cl)c1NC(=O)OC1CCCC1. The largest absolute Gasteiger partial charge is 0.446 e. The zero-order valence-corrected chi connectivity index (χ0v) is 10.6. The number of benzene rings is 1. The van der Waals surface area contributed by atoms with Gasteiger partial charge in [-0.1, -0.05) is 23.7 Å². The molecule has 1 aromatic carbocycles. The average molecular weight is 254 g/mol. The first kappa shape index (κ1) is 12.2. The summed E-state index contributed by atoms with van der Waals surface area (Å²) in [4.78, 5) is 11.7. The van der Waals surface area contributed by atoms with Crippen molar-refractivity contribution in [3.63, 3.8) is 0 Å². The van der Waals surface area contributed by atoms with Crippen molar-refractivity contribution in [2.45, 2.75) is 38.7 Å². The van der Waals surface area contributed by atoms with Gasteiger partial charge in [0.1, 0.15) is 6.10 Å². The maximum Gasteiger partial charge on any atom is 0.411 e. The van der Waals surface area contributed by atoms with E-state index in [1.165, 1.54) is 0 Å². The fraction of sp³-hybridized carbons (Fsp3) is 0.462. The number of carbonyl (C=O) groups excluding carboxylic acids is 1. The first-order chi connectivity index (χ1) is 8.16. The number of ether oxygens (including phenoxy) is 1. The summed E-state index contributed by atoms with van der Waals surface area (Å²) in [5.41, 5.74) is 1.57. The normalized spacial score (nSPS) is 15.9. The molecule has 17 heavy (non-hydrogen) atoms. The Bertz CT molecular complexity index is 394. The predicted molar refractivity (Wildman–Crippen MR) is 68.5 cm³/mol. The van der Waals surface area contributed by atoms with Crippen LogP contribution in [0.5, 0.6) is 0 Å². The van der Waals surface area contributed by atoms with E-state index >= 15 is 0 Å². The van der Waals surface area contributed by atoms with Crippen LogP contribution in [0.2, 0.25) is 5.02 Å². The molecule has 4 heteroatoms. The van der Waals surface area contributed by atoms with Gasteiger partial charge in [0, 0.05) is 0 Å². The van der Waals surface area contributed by atoms with Gasteiger partial charge in [0.05, 0.1) is 10.7 Å². The summed E-state index contributed by atoms with van der Waals surface area (Å²) in [6.45, 7) is 1.90.